The first-order valence-corrected chi connectivity index (χ1v) is 9.28. The second kappa shape index (κ2) is 8.95. The van der Waals surface area contributed by atoms with Gasteiger partial charge in [0.1, 0.15) is 12.4 Å². The Kier molecular flexibility index (Phi) is 6.17. The average Bonchev–Trinajstić information content (AvgIpc) is 3.21. The lowest BCUT2D eigenvalue weighted by Crippen LogP contribution is -2.12. The predicted molar refractivity (Wildman–Crippen MR) is 103 cm³/mol. The van der Waals surface area contributed by atoms with Crippen LogP contribution in [0.15, 0.2) is 59.4 Å². The molecule has 7 heteroatoms. The van der Waals surface area contributed by atoms with Gasteiger partial charge in [0.15, 0.2) is 0 Å². The lowest BCUT2D eigenvalue weighted by Gasteiger charge is -2.09. The molecule has 0 atom stereocenters. The first kappa shape index (κ1) is 18.6. The monoisotopic (exact) mass is 382 g/mol. The normalized spacial score (nSPS) is 10.3. The van der Waals surface area contributed by atoms with E-state index in [2.05, 4.69) is 10.3 Å². The van der Waals surface area contributed by atoms with E-state index in [1.807, 2.05) is 5.38 Å². The number of nitrogens with one attached hydrogen (secondary N) is 1. The number of carbonyl (C=O) groups is 2. The van der Waals surface area contributed by atoms with E-state index < -0.39 is 0 Å². The van der Waals surface area contributed by atoms with E-state index in [1.165, 1.54) is 11.3 Å². The minimum Gasteiger partial charge on any atom is -0.487 e. The number of anilines is 1. The van der Waals surface area contributed by atoms with Gasteiger partial charge in [0, 0.05) is 16.6 Å². The summed E-state index contributed by atoms with van der Waals surface area (Å²) in [6, 6.07) is 13.5. The lowest BCUT2D eigenvalue weighted by molar-refractivity contribution is 0.0526. The highest BCUT2D eigenvalue weighted by Gasteiger charge is 2.10. The van der Waals surface area contributed by atoms with Crippen molar-refractivity contribution < 1.29 is 19.1 Å². The molecule has 0 aliphatic carbocycles. The highest BCUT2D eigenvalue weighted by molar-refractivity contribution is 7.07. The van der Waals surface area contributed by atoms with Gasteiger partial charge in [-0.1, -0.05) is 6.07 Å². The largest absolute Gasteiger partial charge is 0.487 e. The van der Waals surface area contributed by atoms with Crippen LogP contribution in [0.5, 0.6) is 5.75 Å². The molecule has 6 nitrogen and oxygen atoms in total. The molecule has 0 spiro atoms. The first-order chi connectivity index (χ1) is 13.2. The molecule has 3 rings (SSSR count). The molecule has 1 heterocycles. The minimum atomic E-state index is -0.389. The van der Waals surface area contributed by atoms with E-state index in [0.717, 1.165) is 5.69 Å². The van der Waals surface area contributed by atoms with Gasteiger partial charge in [-0.2, -0.15) is 0 Å². The van der Waals surface area contributed by atoms with Crippen LogP contribution in [0.1, 0.15) is 33.3 Å². The number of esters is 1. The molecule has 2 aromatic carbocycles. The van der Waals surface area contributed by atoms with Crippen LogP contribution in [0.2, 0.25) is 0 Å². The molecule has 0 bridgehead atoms. The fourth-order valence-corrected chi connectivity index (χ4v) is 2.84. The predicted octanol–water partition coefficient (Wildman–Crippen LogP) is 4.15. The van der Waals surface area contributed by atoms with Crippen LogP contribution in [-0.2, 0) is 11.3 Å². The van der Waals surface area contributed by atoms with Crippen molar-refractivity contribution in [1.82, 2.24) is 4.98 Å². The van der Waals surface area contributed by atoms with Crippen molar-refractivity contribution in [2.45, 2.75) is 13.5 Å². The van der Waals surface area contributed by atoms with Gasteiger partial charge in [-0.25, -0.2) is 9.78 Å². The van der Waals surface area contributed by atoms with Gasteiger partial charge in [-0.3, -0.25) is 4.79 Å². The van der Waals surface area contributed by atoms with Gasteiger partial charge in [-0.15, -0.1) is 11.3 Å². The minimum absolute atomic E-state index is 0.266. The molecule has 0 radical (unpaired) electrons. The number of carbonyl (C=O) groups excluding carboxylic acids is 2. The SMILES string of the molecule is CCOC(=O)c1ccc(NC(=O)c2cccc(OCc3cscn3)c2)cc1. The van der Waals surface area contributed by atoms with Crippen molar-refractivity contribution in [3.8, 4) is 5.75 Å². The Morgan fingerprint density at radius 1 is 1.11 bits per heavy atom. The van der Waals surface area contributed by atoms with Crippen molar-refractivity contribution in [3.05, 3.63) is 76.2 Å². The summed E-state index contributed by atoms with van der Waals surface area (Å²) in [7, 11) is 0. The second-order valence-corrected chi connectivity index (χ2v) is 6.27. The topological polar surface area (TPSA) is 77.5 Å². The number of rotatable bonds is 7. The molecule has 138 valence electrons. The van der Waals surface area contributed by atoms with Crippen LogP contribution in [0.25, 0.3) is 0 Å². The van der Waals surface area contributed by atoms with Gasteiger partial charge in [0.25, 0.3) is 5.91 Å². The summed E-state index contributed by atoms with van der Waals surface area (Å²) in [5.74, 6) is -0.0633. The first-order valence-electron chi connectivity index (χ1n) is 8.34. The zero-order chi connectivity index (χ0) is 19.1. The highest BCUT2D eigenvalue weighted by Crippen LogP contribution is 2.17. The van der Waals surface area contributed by atoms with Gasteiger partial charge < -0.3 is 14.8 Å². The van der Waals surface area contributed by atoms with Crippen LogP contribution in [0.3, 0.4) is 0 Å². The summed E-state index contributed by atoms with van der Waals surface area (Å²) in [5, 5.41) is 4.71. The molecule has 1 amide bonds. The number of hydrogen-bond donors (Lipinski definition) is 1. The van der Waals surface area contributed by atoms with Crippen LogP contribution >= 0.6 is 11.3 Å². The zero-order valence-corrected chi connectivity index (χ0v) is 15.5. The Morgan fingerprint density at radius 2 is 1.93 bits per heavy atom. The molecule has 0 aliphatic heterocycles. The summed E-state index contributed by atoms with van der Waals surface area (Å²) in [6.07, 6.45) is 0. The number of aromatic nitrogens is 1. The third-order valence-electron chi connectivity index (χ3n) is 3.62. The fraction of sp³-hybridized carbons (Fsp3) is 0.150. The van der Waals surface area contributed by atoms with E-state index in [9.17, 15) is 9.59 Å². The Balaban J connectivity index is 1.62. The van der Waals surface area contributed by atoms with Crippen LogP contribution in [-0.4, -0.2) is 23.5 Å². The lowest BCUT2D eigenvalue weighted by atomic mass is 10.1. The number of amides is 1. The Labute approximate surface area is 160 Å². The quantitative estimate of drug-likeness (QED) is 0.621. The van der Waals surface area contributed by atoms with Gasteiger partial charge in [0.05, 0.1) is 23.4 Å². The van der Waals surface area contributed by atoms with E-state index in [1.54, 1.807) is 61.0 Å². The molecule has 1 N–H and O–H groups in total. The molecule has 27 heavy (non-hydrogen) atoms. The number of ether oxygens (including phenoxy) is 2. The standard InChI is InChI=1S/C20H18N2O4S/c1-2-25-20(24)14-6-8-16(9-7-14)22-19(23)15-4-3-5-18(10-15)26-11-17-12-27-13-21-17/h3-10,12-13H,2,11H2,1H3,(H,22,23). The summed E-state index contributed by atoms with van der Waals surface area (Å²) in [5.41, 5.74) is 4.08. The molecule has 1 aromatic heterocycles. The molecule has 0 unspecified atom stereocenters. The molecule has 0 aliphatic rings. The van der Waals surface area contributed by atoms with Crippen molar-refractivity contribution in [1.29, 1.82) is 0 Å². The average molecular weight is 382 g/mol. The third kappa shape index (κ3) is 5.15. The molecule has 0 saturated carbocycles. The van der Waals surface area contributed by atoms with E-state index in [0.29, 0.717) is 35.8 Å². The Hall–Kier alpha value is -3.19. The molecule has 3 aromatic rings. The summed E-state index contributed by atoms with van der Waals surface area (Å²) < 4.78 is 10.6. The van der Waals surface area contributed by atoms with Crippen LogP contribution < -0.4 is 10.1 Å². The molecular weight excluding hydrogens is 364 g/mol. The van der Waals surface area contributed by atoms with Crippen molar-refractivity contribution >= 4 is 28.9 Å². The second-order valence-electron chi connectivity index (χ2n) is 5.55. The maximum absolute atomic E-state index is 12.5. The van der Waals surface area contributed by atoms with E-state index >= 15 is 0 Å². The highest BCUT2D eigenvalue weighted by atomic mass is 32.1. The fourth-order valence-electron chi connectivity index (χ4n) is 2.30. The molecule has 0 fully saturated rings. The van der Waals surface area contributed by atoms with Gasteiger partial charge in [-0.05, 0) is 49.4 Å². The number of thiazole rings is 1. The Bertz CT molecular complexity index is 908. The van der Waals surface area contributed by atoms with Crippen molar-refractivity contribution in [2.75, 3.05) is 11.9 Å². The van der Waals surface area contributed by atoms with Gasteiger partial charge >= 0.3 is 5.97 Å². The zero-order valence-electron chi connectivity index (χ0n) is 14.7. The molecular formula is C20H18N2O4S. The van der Waals surface area contributed by atoms with Gasteiger partial charge in [0.2, 0.25) is 0 Å². The van der Waals surface area contributed by atoms with E-state index in [4.69, 9.17) is 9.47 Å². The smallest absolute Gasteiger partial charge is 0.338 e. The summed E-state index contributed by atoms with van der Waals surface area (Å²) in [6.45, 7) is 2.42. The summed E-state index contributed by atoms with van der Waals surface area (Å²) in [4.78, 5) is 28.3. The maximum Gasteiger partial charge on any atom is 0.338 e. The maximum atomic E-state index is 12.5. The number of hydrogen-bond acceptors (Lipinski definition) is 6. The number of nitrogens with zero attached hydrogens (tertiary/aromatic N) is 1. The van der Waals surface area contributed by atoms with Crippen LogP contribution in [0, 0.1) is 0 Å². The van der Waals surface area contributed by atoms with E-state index in [-0.39, 0.29) is 11.9 Å². The number of benzene rings is 2. The third-order valence-corrected chi connectivity index (χ3v) is 4.26. The Morgan fingerprint density at radius 3 is 2.63 bits per heavy atom. The van der Waals surface area contributed by atoms with Crippen LogP contribution in [0.4, 0.5) is 5.69 Å². The van der Waals surface area contributed by atoms with Crippen molar-refractivity contribution in [3.63, 3.8) is 0 Å². The summed E-state index contributed by atoms with van der Waals surface area (Å²) >= 11 is 1.51. The van der Waals surface area contributed by atoms with Crippen molar-refractivity contribution in [2.24, 2.45) is 0 Å². The molecule has 0 saturated heterocycles.